The number of halogens is 4. The van der Waals surface area contributed by atoms with Crippen molar-refractivity contribution >= 4 is 29.3 Å². The van der Waals surface area contributed by atoms with Crippen LogP contribution in [0, 0.1) is 5.82 Å². The van der Waals surface area contributed by atoms with E-state index in [1.54, 1.807) is 43.3 Å². The molecule has 2 atom stereocenters. The fourth-order valence-electron chi connectivity index (χ4n) is 5.27. The molecule has 0 aliphatic carbocycles. The molecule has 3 aromatic rings. The predicted molar refractivity (Wildman–Crippen MR) is 173 cm³/mol. The highest BCUT2D eigenvalue weighted by Gasteiger charge is 2.40. The number of rotatable bonds is 10. The van der Waals surface area contributed by atoms with Crippen LogP contribution in [0.2, 0.25) is 0 Å². The zero-order chi connectivity index (χ0) is 34.8. The van der Waals surface area contributed by atoms with Gasteiger partial charge in [0.05, 0.1) is 18.4 Å². The number of hydrogen-bond acceptors (Lipinski definition) is 7. The van der Waals surface area contributed by atoms with Crippen molar-refractivity contribution in [3.8, 4) is 0 Å². The summed E-state index contributed by atoms with van der Waals surface area (Å²) in [7, 11) is 1.26. The number of benzene rings is 3. The van der Waals surface area contributed by atoms with Gasteiger partial charge >= 0.3 is 12.1 Å². The van der Waals surface area contributed by atoms with Crippen LogP contribution < -0.4 is 16.4 Å². The van der Waals surface area contributed by atoms with Crippen LogP contribution in [0.1, 0.15) is 40.7 Å². The van der Waals surface area contributed by atoms with Crippen LogP contribution in [0.5, 0.6) is 0 Å². The molecule has 2 unspecified atom stereocenters. The van der Waals surface area contributed by atoms with Gasteiger partial charge in [-0.2, -0.15) is 13.2 Å². The lowest BCUT2D eigenvalue weighted by Gasteiger charge is -2.26. The lowest BCUT2D eigenvalue weighted by molar-refractivity contribution is -0.137. The molecule has 2 amide bonds. The molecule has 3 aromatic carbocycles. The fourth-order valence-corrected chi connectivity index (χ4v) is 5.27. The van der Waals surface area contributed by atoms with Crippen LogP contribution in [0.3, 0.4) is 0 Å². The van der Waals surface area contributed by atoms with Gasteiger partial charge in [-0.05, 0) is 61.4 Å². The van der Waals surface area contributed by atoms with Gasteiger partial charge in [0.15, 0.2) is 0 Å². The van der Waals surface area contributed by atoms with Gasteiger partial charge in [-0.25, -0.2) is 14.2 Å². The zero-order valence-corrected chi connectivity index (χ0v) is 26.3. The quantitative estimate of drug-likeness (QED) is 0.118. The van der Waals surface area contributed by atoms with E-state index in [9.17, 15) is 31.9 Å². The summed E-state index contributed by atoms with van der Waals surface area (Å²) in [5.41, 5.74) is 7.25. The monoisotopic (exact) mass is 665 g/mol. The van der Waals surface area contributed by atoms with Crippen molar-refractivity contribution in [3.63, 3.8) is 0 Å². The minimum absolute atomic E-state index is 0.0717. The van der Waals surface area contributed by atoms with Crippen molar-refractivity contribution in [2.24, 2.45) is 10.7 Å². The second-order valence-electron chi connectivity index (χ2n) is 10.8. The summed E-state index contributed by atoms with van der Waals surface area (Å²) in [6.07, 6.45) is -1.95. The van der Waals surface area contributed by atoms with E-state index in [4.69, 9.17) is 10.7 Å². The number of aliphatic imine (C=N–C) groups is 1. The van der Waals surface area contributed by atoms with E-state index >= 15 is 0 Å². The van der Waals surface area contributed by atoms with E-state index in [2.05, 4.69) is 15.4 Å². The number of likely N-dealkylation sites (tertiary alicyclic amines) is 1. The Bertz CT molecular complexity index is 1710. The molecule has 0 saturated carbocycles. The third kappa shape index (κ3) is 8.94. The maximum Gasteiger partial charge on any atom is 0.416 e. The number of likely N-dealkylation sites (N-methyl/N-ethyl adjacent to an activating group) is 1. The average Bonchev–Trinajstić information content (AvgIpc) is 3.18. The van der Waals surface area contributed by atoms with E-state index in [-0.39, 0.29) is 43.2 Å². The Labute approximate surface area is 275 Å². The van der Waals surface area contributed by atoms with Crippen molar-refractivity contribution in [1.29, 1.82) is 0 Å². The average molecular weight is 666 g/mol. The van der Waals surface area contributed by atoms with Crippen LogP contribution in [-0.2, 0) is 20.5 Å². The van der Waals surface area contributed by atoms with Crippen LogP contribution in [0.25, 0.3) is 0 Å². The topological polar surface area (TPSA) is 126 Å². The Morgan fingerprint density at radius 1 is 1.06 bits per heavy atom. The normalized spacial score (nSPS) is 18.9. The van der Waals surface area contributed by atoms with E-state index < -0.39 is 47.3 Å². The molecule has 0 spiro atoms. The summed E-state index contributed by atoms with van der Waals surface area (Å²) in [6, 6.07) is 17.1. The first-order chi connectivity index (χ1) is 22.9. The predicted octanol–water partition coefficient (Wildman–Crippen LogP) is 5.24. The van der Waals surface area contributed by atoms with Crippen LogP contribution >= 0.6 is 0 Å². The molecule has 0 bridgehead atoms. The van der Waals surface area contributed by atoms with Gasteiger partial charge in [-0.3, -0.25) is 14.5 Å². The number of hydrogen-bond donors (Lipinski definition) is 3. The minimum Gasteiger partial charge on any atom is -0.466 e. The number of alkyl halides is 3. The van der Waals surface area contributed by atoms with Gasteiger partial charge in [0.1, 0.15) is 17.7 Å². The number of nitrogens with two attached hydrogens (primary N) is 1. The number of amidine groups is 1. The minimum atomic E-state index is -4.68. The van der Waals surface area contributed by atoms with Gasteiger partial charge in [-0.15, -0.1) is 0 Å². The third-order valence-electron chi connectivity index (χ3n) is 7.60. The smallest absolute Gasteiger partial charge is 0.416 e. The lowest BCUT2D eigenvalue weighted by Crippen LogP contribution is -2.49. The number of amides is 2. The highest BCUT2D eigenvalue weighted by atomic mass is 19.4. The van der Waals surface area contributed by atoms with Crippen molar-refractivity contribution in [2.45, 2.75) is 31.5 Å². The van der Waals surface area contributed by atoms with E-state index in [0.717, 1.165) is 18.2 Å². The number of para-hydroxylation sites is 1. The first kappa shape index (κ1) is 35.6. The lowest BCUT2D eigenvalue weighted by atomic mass is 9.84. The van der Waals surface area contributed by atoms with E-state index in [1.807, 2.05) is 0 Å². The highest BCUT2D eigenvalue weighted by Crippen LogP contribution is 2.37. The molecule has 1 fully saturated rings. The molecule has 48 heavy (non-hydrogen) atoms. The van der Waals surface area contributed by atoms with Gasteiger partial charge in [-0.1, -0.05) is 42.5 Å². The molecule has 0 aromatic heterocycles. The Kier molecular flexibility index (Phi) is 11.9. The number of ether oxygens (including phenoxy) is 1. The molecule has 13 heteroatoms. The summed E-state index contributed by atoms with van der Waals surface area (Å²) in [4.78, 5) is 45.3. The van der Waals surface area contributed by atoms with E-state index in [0.29, 0.717) is 16.8 Å². The molecular weight excluding hydrogens is 630 g/mol. The third-order valence-corrected chi connectivity index (χ3v) is 7.60. The molecule has 4 rings (SSSR count). The second kappa shape index (κ2) is 16.0. The molecular formula is C35H35F4N5O4. The number of carbonyl (C=O) groups is 3. The van der Waals surface area contributed by atoms with Crippen molar-refractivity contribution < 1.29 is 36.7 Å². The number of methoxy groups -OCH3 is 1. The largest absolute Gasteiger partial charge is 0.466 e. The maximum atomic E-state index is 14.2. The summed E-state index contributed by atoms with van der Waals surface area (Å²) in [5, 5.41) is 5.76. The van der Waals surface area contributed by atoms with Crippen molar-refractivity contribution in [3.05, 3.63) is 125 Å². The molecule has 9 nitrogen and oxygen atoms in total. The van der Waals surface area contributed by atoms with Gasteiger partial charge in [0, 0.05) is 48.5 Å². The summed E-state index contributed by atoms with van der Waals surface area (Å²) < 4.78 is 58.9. The van der Waals surface area contributed by atoms with Crippen molar-refractivity contribution in [1.82, 2.24) is 15.5 Å². The fraction of sp³-hybridized carbons (Fsp3) is 0.257. The molecule has 1 aliphatic rings. The molecule has 1 heterocycles. The first-order valence-corrected chi connectivity index (χ1v) is 15.1. The molecule has 4 N–H and O–H groups in total. The molecule has 0 radical (unpaired) electrons. The first-order valence-electron chi connectivity index (χ1n) is 15.1. The Balaban J connectivity index is 1.83. The number of carbonyl (C=O) groups excluding carboxylic acids is 3. The Morgan fingerprint density at radius 2 is 1.77 bits per heavy atom. The Hall–Kier alpha value is -5.30. The van der Waals surface area contributed by atoms with Crippen LogP contribution in [-0.4, -0.2) is 61.3 Å². The molecule has 252 valence electrons. The Morgan fingerprint density at radius 3 is 2.42 bits per heavy atom. The number of nitrogens with one attached hydrogen (secondary N) is 2. The van der Waals surface area contributed by atoms with Gasteiger partial charge in [0.25, 0.3) is 11.8 Å². The summed E-state index contributed by atoms with van der Waals surface area (Å²) in [6.45, 7) is 2.13. The zero-order valence-electron chi connectivity index (χ0n) is 26.3. The summed E-state index contributed by atoms with van der Waals surface area (Å²) >= 11 is 0. The van der Waals surface area contributed by atoms with Crippen molar-refractivity contribution in [2.75, 3.05) is 26.7 Å². The standard InChI is InChI=1S/C35H35F4N5O4/c1-3-44-32(42-26-11-5-4-6-12-26)31(28(40)21-41-18-8-13-30(45)48-2)27(22-14-16-25(36)17-15-22)20-29(34(44)47)43-33(46)23-9-7-10-24(19-23)35(37,38)39/h4-17,19,27,29,41H,3,18,20-21,40H2,1-2H3,(H,43,46)/b13-8+,31-28-,42-32?. The number of esters is 1. The van der Waals surface area contributed by atoms with Gasteiger partial charge < -0.3 is 21.1 Å². The highest BCUT2D eigenvalue weighted by molar-refractivity contribution is 6.13. The maximum absolute atomic E-state index is 14.2. The SMILES string of the molecule is CCN1C(=O)C(NC(=O)c2cccc(C(F)(F)F)c2)CC(c2ccc(F)cc2)/C(=C(/N)CNC/C=C/C(=O)OC)C1=Nc1ccccc1. The van der Waals surface area contributed by atoms with Gasteiger partial charge in [0.2, 0.25) is 0 Å². The number of nitrogens with zero attached hydrogens (tertiary/aromatic N) is 2. The van der Waals surface area contributed by atoms with Crippen LogP contribution in [0.15, 0.2) is 107 Å². The molecule has 1 saturated heterocycles. The van der Waals surface area contributed by atoms with E-state index in [1.165, 1.54) is 48.4 Å². The van der Waals surface area contributed by atoms with Crippen LogP contribution in [0.4, 0.5) is 23.2 Å². The summed E-state index contributed by atoms with van der Waals surface area (Å²) in [5.74, 6) is -3.00. The second-order valence-corrected chi connectivity index (χ2v) is 10.8. The molecule has 1 aliphatic heterocycles.